The van der Waals surface area contributed by atoms with Gasteiger partial charge in [0, 0.05) is 5.69 Å². The largest absolute Gasteiger partial charge is 0.399 e. The summed E-state index contributed by atoms with van der Waals surface area (Å²) in [5.74, 6) is 0. The van der Waals surface area contributed by atoms with Gasteiger partial charge in [0.05, 0.1) is 5.38 Å². The zero-order valence-electron chi connectivity index (χ0n) is 6.76. The van der Waals surface area contributed by atoms with Gasteiger partial charge in [-0.15, -0.1) is 11.6 Å². The van der Waals surface area contributed by atoms with E-state index in [1.165, 1.54) is 5.56 Å². The van der Waals surface area contributed by atoms with E-state index < -0.39 is 0 Å². The van der Waals surface area contributed by atoms with Crippen molar-refractivity contribution in [3.05, 3.63) is 29.3 Å². The average molecular weight is 170 g/mol. The SMILES string of the molecule is Cc1ccc(N)cc1C(C)Cl. The molecular weight excluding hydrogens is 158 g/mol. The van der Waals surface area contributed by atoms with Crippen molar-refractivity contribution in [1.82, 2.24) is 0 Å². The molecule has 11 heavy (non-hydrogen) atoms. The monoisotopic (exact) mass is 169 g/mol. The van der Waals surface area contributed by atoms with E-state index >= 15 is 0 Å². The van der Waals surface area contributed by atoms with Crippen LogP contribution in [0.2, 0.25) is 0 Å². The summed E-state index contributed by atoms with van der Waals surface area (Å²) in [4.78, 5) is 0. The predicted octanol–water partition coefficient (Wildman–Crippen LogP) is 2.88. The molecule has 0 bridgehead atoms. The van der Waals surface area contributed by atoms with Gasteiger partial charge >= 0.3 is 0 Å². The van der Waals surface area contributed by atoms with E-state index in [1.807, 2.05) is 32.0 Å². The van der Waals surface area contributed by atoms with Crippen molar-refractivity contribution in [3.63, 3.8) is 0 Å². The van der Waals surface area contributed by atoms with Gasteiger partial charge in [0.25, 0.3) is 0 Å². The third-order valence-electron chi connectivity index (χ3n) is 1.73. The smallest absolute Gasteiger partial charge is 0.0560 e. The standard InChI is InChI=1S/C9H12ClN/c1-6-3-4-8(11)5-9(6)7(2)10/h3-5,7H,11H2,1-2H3. The van der Waals surface area contributed by atoms with E-state index in [1.54, 1.807) is 0 Å². The molecule has 0 heterocycles. The molecule has 1 rings (SSSR count). The Morgan fingerprint density at radius 1 is 1.45 bits per heavy atom. The highest BCUT2D eigenvalue weighted by molar-refractivity contribution is 6.20. The Hall–Kier alpha value is -0.690. The molecule has 0 aliphatic carbocycles. The van der Waals surface area contributed by atoms with E-state index in [2.05, 4.69) is 0 Å². The Balaban J connectivity index is 3.13. The fourth-order valence-corrected chi connectivity index (χ4v) is 1.32. The number of alkyl halides is 1. The van der Waals surface area contributed by atoms with E-state index in [4.69, 9.17) is 17.3 Å². The molecule has 1 aromatic rings. The Bertz CT molecular complexity index is 256. The van der Waals surface area contributed by atoms with Gasteiger partial charge in [-0.05, 0) is 37.1 Å². The van der Waals surface area contributed by atoms with Gasteiger partial charge in [-0.2, -0.15) is 0 Å². The van der Waals surface area contributed by atoms with Crippen molar-refractivity contribution < 1.29 is 0 Å². The highest BCUT2D eigenvalue weighted by Crippen LogP contribution is 2.24. The summed E-state index contributed by atoms with van der Waals surface area (Å²) in [7, 11) is 0. The molecule has 60 valence electrons. The molecule has 0 saturated carbocycles. The molecule has 0 aliphatic heterocycles. The summed E-state index contributed by atoms with van der Waals surface area (Å²) in [5.41, 5.74) is 8.70. The molecule has 0 aromatic heterocycles. The highest BCUT2D eigenvalue weighted by Gasteiger charge is 2.04. The first-order valence-electron chi connectivity index (χ1n) is 3.61. The van der Waals surface area contributed by atoms with Gasteiger partial charge in [0.15, 0.2) is 0 Å². The molecule has 0 spiro atoms. The molecule has 1 aromatic carbocycles. The number of halogens is 1. The molecule has 2 heteroatoms. The lowest BCUT2D eigenvalue weighted by molar-refractivity contribution is 1.06. The van der Waals surface area contributed by atoms with E-state index in [0.717, 1.165) is 11.3 Å². The van der Waals surface area contributed by atoms with Gasteiger partial charge in [0.2, 0.25) is 0 Å². The molecule has 0 fully saturated rings. The molecule has 0 radical (unpaired) electrons. The van der Waals surface area contributed by atoms with Gasteiger partial charge < -0.3 is 5.73 Å². The molecule has 1 unspecified atom stereocenters. The van der Waals surface area contributed by atoms with Crippen LogP contribution in [0.5, 0.6) is 0 Å². The number of anilines is 1. The van der Waals surface area contributed by atoms with Crippen molar-refractivity contribution in [1.29, 1.82) is 0 Å². The van der Waals surface area contributed by atoms with Crippen LogP contribution in [0.3, 0.4) is 0 Å². The van der Waals surface area contributed by atoms with Gasteiger partial charge in [-0.25, -0.2) is 0 Å². The lowest BCUT2D eigenvalue weighted by Crippen LogP contribution is -1.92. The quantitative estimate of drug-likeness (QED) is 0.508. The van der Waals surface area contributed by atoms with Crippen LogP contribution in [-0.2, 0) is 0 Å². The fraction of sp³-hybridized carbons (Fsp3) is 0.333. The molecule has 0 amide bonds. The highest BCUT2D eigenvalue weighted by atomic mass is 35.5. The summed E-state index contributed by atoms with van der Waals surface area (Å²) in [6, 6.07) is 5.80. The second kappa shape index (κ2) is 3.14. The number of nitrogens with two attached hydrogens (primary N) is 1. The summed E-state index contributed by atoms with van der Waals surface area (Å²) in [6.07, 6.45) is 0. The lowest BCUT2D eigenvalue weighted by Gasteiger charge is -2.07. The van der Waals surface area contributed by atoms with Crippen LogP contribution in [0, 0.1) is 6.92 Å². The van der Waals surface area contributed by atoms with E-state index in [-0.39, 0.29) is 5.38 Å². The predicted molar refractivity (Wildman–Crippen MR) is 49.9 cm³/mol. The van der Waals surface area contributed by atoms with Crippen LogP contribution in [0.4, 0.5) is 5.69 Å². The number of aryl methyl sites for hydroxylation is 1. The van der Waals surface area contributed by atoms with Crippen LogP contribution in [0.25, 0.3) is 0 Å². The van der Waals surface area contributed by atoms with Crippen LogP contribution in [0.1, 0.15) is 23.4 Å². The lowest BCUT2D eigenvalue weighted by atomic mass is 10.1. The average Bonchev–Trinajstić information content (AvgIpc) is 1.94. The van der Waals surface area contributed by atoms with E-state index in [0.29, 0.717) is 0 Å². The molecule has 1 atom stereocenters. The second-order valence-corrected chi connectivity index (χ2v) is 3.39. The maximum Gasteiger partial charge on any atom is 0.0560 e. The second-order valence-electron chi connectivity index (χ2n) is 2.73. The van der Waals surface area contributed by atoms with Crippen LogP contribution >= 0.6 is 11.6 Å². The summed E-state index contributed by atoms with van der Waals surface area (Å²) >= 11 is 5.92. The molecule has 0 aliphatic rings. The van der Waals surface area contributed by atoms with Gasteiger partial charge in [-0.1, -0.05) is 6.07 Å². The Kier molecular flexibility index (Phi) is 2.40. The molecule has 2 N–H and O–H groups in total. The third kappa shape index (κ3) is 1.87. The van der Waals surface area contributed by atoms with Crippen LogP contribution in [0.15, 0.2) is 18.2 Å². The number of nitrogen functional groups attached to an aromatic ring is 1. The van der Waals surface area contributed by atoms with Crippen molar-refractivity contribution in [3.8, 4) is 0 Å². The first-order valence-corrected chi connectivity index (χ1v) is 4.05. The number of rotatable bonds is 1. The fourth-order valence-electron chi connectivity index (χ4n) is 1.09. The van der Waals surface area contributed by atoms with Crippen molar-refractivity contribution in [2.75, 3.05) is 5.73 Å². The normalized spacial score (nSPS) is 13.0. The maximum atomic E-state index is 5.92. The Morgan fingerprint density at radius 2 is 2.09 bits per heavy atom. The first kappa shape index (κ1) is 8.41. The van der Waals surface area contributed by atoms with Crippen LogP contribution < -0.4 is 5.73 Å². The number of benzene rings is 1. The van der Waals surface area contributed by atoms with E-state index in [9.17, 15) is 0 Å². The van der Waals surface area contributed by atoms with Crippen molar-refractivity contribution >= 4 is 17.3 Å². The maximum absolute atomic E-state index is 5.92. The zero-order valence-corrected chi connectivity index (χ0v) is 7.52. The van der Waals surface area contributed by atoms with Crippen LogP contribution in [-0.4, -0.2) is 0 Å². The Labute approximate surface area is 72.2 Å². The molecular formula is C9H12ClN. The molecule has 0 saturated heterocycles. The van der Waals surface area contributed by atoms with Gasteiger partial charge in [-0.3, -0.25) is 0 Å². The topological polar surface area (TPSA) is 26.0 Å². The number of hydrogen-bond acceptors (Lipinski definition) is 1. The first-order chi connectivity index (χ1) is 5.11. The Morgan fingerprint density at radius 3 is 2.55 bits per heavy atom. The summed E-state index contributed by atoms with van der Waals surface area (Å²) < 4.78 is 0. The van der Waals surface area contributed by atoms with Crippen molar-refractivity contribution in [2.24, 2.45) is 0 Å². The summed E-state index contributed by atoms with van der Waals surface area (Å²) in [6.45, 7) is 3.98. The molecule has 1 nitrogen and oxygen atoms in total. The minimum atomic E-state index is 0.0403. The minimum absolute atomic E-state index is 0.0403. The number of hydrogen-bond donors (Lipinski definition) is 1. The van der Waals surface area contributed by atoms with Crippen molar-refractivity contribution in [2.45, 2.75) is 19.2 Å². The van der Waals surface area contributed by atoms with Gasteiger partial charge in [0.1, 0.15) is 0 Å². The zero-order chi connectivity index (χ0) is 8.43. The third-order valence-corrected chi connectivity index (χ3v) is 1.97. The summed E-state index contributed by atoms with van der Waals surface area (Å²) in [5, 5.41) is 0.0403. The minimum Gasteiger partial charge on any atom is -0.399 e.